The van der Waals surface area contributed by atoms with Crippen molar-refractivity contribution in [3.8, 4) is 0 Å². The molecule has 0 saturated heterocycles. The van der Waals surface area contributed by atoms with Crippen molar-refractivity contribution in [3.63, 3.8) is 0 Å². The van der Waals surface area contributed by atoms with E-state index in [1.54, 1.807) is 24.5 Å². The van der Waals surface area contributed by atoms with Gasteiger partial charge in [-0.05, 0) is 36.6 Å². The van der Waals surface area contributed by atoms with Gasteiger partial charge in [0.2, 0.25) is 0 Å². The molecule has 0 saturated carbocycles. The highest BCUT2D eigenvalue weighted by Gasteiger charge is 2.27. The van der Waals surface area contributed by atoms with Gasteiger partial charge in [0.15, 0.2) is 5.96 Å². The first-order chi connectivity index (χ1) is 15.0. The Labute approximate surface area is 180 Å². The molecule has 6 nitrogen and oxygen atoms in total. The average Bonchev–Trinajstić information content (AvgIpc) is 3.24. The molecule has 0 aliphatic rings. The van der Waals surface area contributed by atoms with Gasteiger partial charge in [-0.3, -0.25) is 0 Å². The number of ether oxygens (including phenoxy) is 2. The third kappa shape index (κ3) is 11.4. The molecule has 0 fully saturated rings. The molecule has 2 N–H and O–H groups in total. The van der Waals surface area contributed by atoms with E-state index in [0.717, 1.165) is 24.2 Å². The summed E-state index contributed by atoms with van der Waals surface area (Å²) in [4.78, 5) is 4.59. The number of furan rings is 1. The lowest BCUT2D eigenvalue weighted by molar-refractivity contribution is -0.176. The maximum absolute atomic E-state index is 12.2. The smallest absolute Gasteiger partial charge is 0.411 e. The van der Waals surface area contributed by atoms with Gasteiger partial charge >= 0.3 is 6.18 Å². The van der Waals surface area contributed by atoms with Crippen molar-refractivity contribution in [1.82, 2.24) is 10.6 Å². The van der Waals surface area contributed by atoms with Gasteiger partial charge in [-0.1, -0.05) is 24.3 Å². The van der Waals surface area contributed by atoms with Gasteiger partial charge in [-0.25, -0.2) is 4.99 Å². The summed E-state index contributed by atoms with van der Waals surface area (Å²) in [5.41, 5.74) is 1.56. The SMILES string of the molecule is CCOCCCNC(=NCc1cccc(COCC(F)(F)F)c1)NCCc1ccco1. The first-order valence-corrected chi connectivity index (χ1v) is 10.3. The number of benzene rings is 1. The van der Waals surface area contributed by atoms with Crippen LogP contribution in [0.5, 0.6) is 0 Å². The van der Waals surface area contributed by atoms with E-state index in [0.29, 0.717) is 44.4 Å². The Bertz CT molecular complexity index is 765. The molecule has 1 aromatic heterocycles. The van der Waals surface area contributed by atoms with E-state index < -0.39 is 12.8 Å². The topological polar surface area (TPSA) is 68.0 Å². The van der Waals surface area contributed by atoms with Crippen LogP contribution < -0.4 is 10.6 Å². The lowest BCUT2D eigenvalue weighted by Crippen LogP contribution is -2.39. The van der Waals surface area contributed by atoms with Crippen LogP contribution in [0.25, 0.3) is 0 Å². The molecule has 0 spiro atoms. The normalized spacial score (nSPS) is 12.2. The Balaban J connectivity index is 1.88. The van der Waals surface area contributed by atoms with Crippen LogP contribution in [0.3, 0.4) is 0 Å². The number of hydrogen-bond donors (Lipinski definition) is 2. The average molecular weight is 441 g/mol. The predicted octanol–water partition coefficient (Wildman–Crippen LogP) is 4.06. The van der Waals surface area contributed by atoms with Gasteiger partial charge in [0.1, 0.15) is 12.4 Å². The molecule has 0 radical (unpaired) electrons. The van der Waals surface area contributed by atoms with Crippen LogP contribution in [0, 0.1) is 0 Å². The molecule has 172 valence electrons. The first kappa shape index (κ1) is 24.7. The number of alkyl halides is 3. The zero-order valence-electron chi connectivity index (χ0n) is 17.7. The Morgan fingerprint density at radius 2 is 1.87 bits per heavy atom. The van der Waals surface area contributed by atoms with Crippen molar-refractivity contribution in [2.75, 3.05) is 32.9 Å². The van der Waals surface area contributed by atoms with Crippen molar-refractivity contribution >= 4 is 5.96 Å². The second kappa shape index (κ2) is 13.7. The Hall–Kier alpha value is -2.52. The monoisotopic (exact) mass is 441 g/mol. The highest BCUT2D eigenvalue weighted by molar-refractivity contribution is 5.79. The lowest BCUT2D eigenvalue weighted by atomic mass is 10.1. The van der Waals surface area contributed by atoms with E-state index in [4.69, 9.17) is 13.9 Å². The molecule has 0 aliphatic heterocycles. The van der Waals surface area contributed by atoms with Crippen molar-refractivity contribution in [2.45, 2.75) is 39.1 Å². The van der Waals surface area contributed by atoms with Crippen LogP contribution in [0.2, 0.25) is 0 Å². The van der Waals surface area contributed by atoms with Crippen LogP contribution in [0.1, 0.15) is 30.2 Å². The van der Waals surface area contributed by atoms with E-state index in [-0.39, 0.29) is 6.61 Å². The largest absolute Gasteiger partial charge is 0.469 e. The fourth-order valence-corrected chi connectivity index (χ4v) is 2.73. The number of guanidine groups is 1. The predicted molar refractivity (Wildman–Crippen MR) is 113 cm³/mol. The highest BCUT2D eigenvalue weighted by Crippen LogP contribution is 2.16. The fraction of sp³-hybridized carbons (Fsp3) is 0.500. The van der Waals surface area contributed by atoms with E-state index in [1.165, 1.54) is 0 Å². The van der Waals surface area contributed by atoms with E-state index in [2.05, 4.69) is 15.6 Å². The quantitative estimate of drug-likeness (QED) is 0.279. The van der Waals surface area contributed by atoms with Gasteiger partial charge in [0.25, 0.3) is 0 Å². The molecule has 2 aromatic rings. The molecule has 1 heterocycles. The van der Waals surface area contributed by atoms with Gasteiger partial charge in [-0.2, -0.15) is 13.2 Å². The molecular weight excluding hydrogens is 411 g/mol. The molecule has 31 heavy (non-hydrogen) atoms. The highest BCUT2D eigenvalue weighted by atomic mass is 19.4. The van der Waals surface area contributed by atoms with Gasteiger partial charge in [0.05, 0.1) is 19.4 Å². The number of nitrogens with one attached hydrogen (secondary N) is 2. The third-order valence-corrected chi connectivity index (χ3v) is 4.15. The summed E-state index contributed by atoms with van der Waals surface area (Å²) >= 11 is 0. The van der Waals surface area contributed by atoms with Crippen LogP contribution in [0.15, 0.2) is 52.1 Å². The maximum atomic E-state index is 12.2. The van der Waals surface area contributed by atoms with Crippen LogP contribution in [-0.2, 0) is 29.0 Å². The van der Waals surface area contributed by atoms with Crippen molar-refractivity contribution in [2.24, 2.45) is 4.99 Å². The van der Waals surface area contributed by atoms with Crippen LogP contribution in [-0.4, -0.2) is 45.0 Å². The summed E-state index contributed by atoms with van der Waals surface area (Å²) in [6, 6.07) is 11.0. The molecular formula is C22H30F3N3O3. The van der Waals surface area contributed by atoms with Gasteiger partial charge in [-0.15, -0.1) is 0 Å². The minimum absolute atomic E-state index is 0.0962. The van der Waals surface area contributed by atoms with Crippen LogP contribution in [0.4, 0.5) is 13.2 Å². The van der Waals surface area contributed by atoms with E-state index in [9.17, 15) is 13.2 Å². The summed E-state index contributed by atoms with van der Waals surface area (Å²) in [5, 5.41) is 6.55. The number of aliphatic imine (C=N–C) groups is 1. The third-order valence-electron chi connectivity index (χ3n) is 4.15. The molecule has 0 atom stereocenters. The van der Waals surface area contributed by atoms with Gasteiger partial charge < -0.3 is 24.5 Å². The molecule has 0 unspecified atom stereocenters. The molecule has 2 rings (SSSR count). The maximum Gasteiger partial charge on any atom is 0.411 e. The molecule has 9 heteroatoms. The summed E-state index contributed by atoms with van der Waals surface area (Å²) in [5.74, 6) is 1.54. The standard InChI is InChI=1S/C22H30F3N3O3/c1-2-29-12-5-10-26-21(27-11-9-20-8-4-13-31-20)28-15-18-6-3-7-19(14-18)16-30-17-22(23,24)25/h3-4,6-8,13-14H,2,5,9-12,15-17H2,1H3,(H2,26,27,28). The second-order valence-corrected chi connectivity index (χ2v) is 6.83. The van der Waals surface area contributed by atoms with Gasteiger partial charge in [0, 0.05) is 32.7 Å². The van der Waals surface area contributed by atoms with Crippen LogP contribution >= 0.6 is 0 Å². The summed E-state index contributed by atoms with van der Waals surface area (Å²) in [6.07, 6.45) is -1.12. The van der Waals surface area contributed by atoms with Crippen molar-refractivity contribution < 1.29 is 27.1 Å². The first-order valence-electron chi connectivity index (χ1n) is 10.3. The summed E-state index contributed by atoms with van der Waals surface area (Å²) < 4.78 is 52.1. The fourth-order valence-electron chi connectivity index (χ4n) is 2.73. The zero-order valence-corrected chi connectivity index (χ0v) is 17.7. The zero-order chi connectivity index (χ0) is 22.4. The lowest BCUT2D eigenvalue weighted by Gasteiger charge is -2.13. The number of rotatable bonds is 13. The Morgan fingerprint density at radius 1 is 1.06 bits per heavy atom. The molecule has 1 aromatic carbocycles. The minimum Gasteiger partial charge on any atom is -0.469 e. The van der Waals surface area contributed by atoms with E-state index >= 15 is 0 Å². The number of nitrogens with zero attached hydrogens (tertiary/aromatic N) is 1. The Kier molecular flexibility index (Phi) is 10.9. The summed E-state index contributed by atoms with van der Waals surface area (Å²) in [7, 11) is 0. The van der Waals surface area contributed by atoms with Crippen molar-refractivity contribution in [1.29, 1.82) is 0 Å². The Morgan fingerprint density at radius 3 is 2.61 bits per heavy atom. The second-order valence-electron chi connectivity index (χ2n) is 6.83. The van der Waals surface area contributed by atoms with E-state index in [1.807, 2.05) is 25.1 Å². The molecule has 0 bridgehead atoms. The molecule has 0 aliphatic carbocycles. The van der Waals surface area contributed by atoms with Crippen molar-refractivity contribution in [3.05, 3.63) is 59.5 Å². The number of halogens is 3. The number of hydrogen-bond acceptors (Lipinski definition) is 4. The minimum atomic E-state index is -4.33. The molecule has 0 amide bonds. The summed E-state index contributed by atoms with van der Waals surface area (Å²) in [6.45, 7) is 3.70.